The summed E-state index contributed by atoms with van der Waals surface area (Å²) >= 11 is 0. The molecule has 7 heteroatoms. The molecule has 0 N–H and O–H groups in total. The molecule has 0 spiro atoms. The molecular weight excluding hydrogens is 390 g/mol. The molecule has 0 bridgehead atoms. The minimum Gasteiger partial charge on any atom is -0.368 e. The number of benzene rings is 1. The standard InChI is InChI=1S/C24H29N5O2/c30-23-20-8-4-9-21(22(20)24(31)29(23)17-16-28-11-5-10-25-28)27-14-12-26(13-15-27)18-19-6-2-1-3-7-19/h1-2,4-5,8-11,19H,3,6-7,12-18H2. The van der Waals surface area contributed by atoms with Gasteiger partial charge in [0.05, 0.1) is 23.4 Å². The van der Waals surface area contributed by atoms with E-state index in [2.05, 4.69) is 27.1 Å². The summed E-state index contributed by atoms with van der Waals surface area (Å²) in [5.74, 6) is 0.386. The van der Waals surface area contributed by atoms with Crippen molar-refractivity contribution in [2.45, 2.75) is 25.8 Å². The molecule has 1 unspecified atom stereocenters. The van der Waals surface area contributed by atoms with Crippen LogP contribution in [0.25, 0.3) is 0 Å². The molecule has 7 nitrogen and oxygen atoms in total. The Morgan fingerprint density at radius 2 is 1.84 bits per heavy atom. The van der Waals surface area contributed by atoms with Gasteiger partial charge in [-0.15, -0.1) is 0 Å². The summed E-state index contributed by atoms with van der Waals surface area (Å²) in [6, 6.07) is 7.50. The van der Waals surface area contributed by atoms with Crippen LogP contribution in [0.1, 0.15) is 40.0 Å². The number of piperazine rings is 1. The first-order valence-electron chi connectivity index (χ1n) is 11.3. The molecule has 1 fully saturated rings. The zero-order valence-corrected chi connectivity index (χ0v) is 17.8. The number of hydrogen-bond donors (Lipinski definition) is 0. The molecule has 3 aliphatic rings. The molecule has 1 atom stereocenters. The zero-order chi connectivity index (χ0) is 21.2. The molecule has 2 amide bonds. The van der Waals surface area contributed by atoms with E-state index in [1.807, 2.05) is 24.4 Å². The number of carbonyl (C=O) groups is 2. The highest BCUT2D eigenvalue weighted by Crippen LogP contribution is 2.32. The minimum absolute atomic E-state index is 0.181. The van der Waals surface area contributed by atoms with Gasteiger partial charge in [-0.3, -0.25) is 24.1 Å². The van der Waals surface area contributed by atoms with Crippen LogP contribution >= 0.6 is 0 Å². The Morgan fingerprint density at radius 1 is 0.968 bits per heavy atom. The number of rotatable bonds is 6. The molecule has 2 aromatic rings. The molecule has 1 aromatic heterocycles. The van der Waals surface area contributed by atoms with E-state index in [9.17, 15) is 9.59 Å². The van der Waals surface area contributed by atoms with Crippen LogP contribution < -0.4 is 4.90 Å². The van der Waals surface area contributed by atoms with Gasteiger partial charge in [-0.1, -0.05) is 18.2 Å². The maximum absolute atomic E-state index is 13.2. The van der Waals surface area contributed by atoms with Crippen LogP contribution in [-0.4, -0.2) is 70.7 Å². The van der Waals surface area contributed by atoms with E-state index in [0.717, 1.165) is 44.3 Å². The summed E-state index contributed by atoms with van der Waals surface area (Å²) in [6.07, 6.45) is 11.8. The Bertz CT molecular complexity index is 976. The smallest absolute Gasteiger partial charge is 0.263 e. The molecule has 2 aliphatic heterocycles. The Balaban J connectivity index is 1.26. The number of imide groups is 1. The summed E-state index contributed by atoms with van der Waals surface area (Å²) in [6.45, 7) is 5.75. The van der Waals surface area contributed by atoms with Gasteiger partial charge in [0.1, 0.15) is 0 Å². The van der Waals surface area contributed by atoms with E-state index in [4.69, 9.17) is 0 Å². The third-order valence-corrected chi connectivity index (χ3v) is 6.70. The van der Waals surface area contributed by atoms with Crippen LogP contribution in [-0.2, 0) is 6.54 Å². The number of allylic oxidation sites excluding steroid dienone is 2. The molecule has 1 aromatic carbocycles. The van der Waals surface area contributed by atoms with Crippen LogP contribution in [0.5, 0.6) is 0 Å². The molecule has 31 heavy (non-hydrogen) atoms. The van der Waals surface area contributed by atoms with Crippen LogP contribution in [0.15, 0.2) is 48.8 Å². The Kier molecular flexibility index (Phi) is 5.59. The Hall–Kier alpha value is -2.93. The predicted octanol–water partition coefficient (Wildman–Crippen LogP) is 2.66. The summed E-state index contributed by atoms with van der Waals surface area (Å²) in [7, 11) is 0. The highest BCUT2D eigenvalue weighted by Gasteiger charge is 2.38. The van der Waals surface area contributed by atoms with E-state index in [1.54, 1.807) is 16.9 Å². The van der Waals surface area contributed by atoms with E-state index in [-0.39, 0.29) is 11.8 Å². The first-order chi connectivity index (χ1) is 15.2. The van der Waals surface area contributed by atoms with Crippen LogP contribution in [0.3, 0.4) is 0 Å². The van der Waals surface area contributed by atoms with Gasteiger partial charge in [-0.2, -0.15) is 5.10 Å². The summed E-state index contributed by atoms with van der Waals surface area (Å²) in [4.78, 5) is 32.3. The predicted molar refractivity (Wildman–Crippen MR) is 119 cm³/mol. The van der Waals surface area contributed by atoms with Gasteiger partial charge in [-0.05, 0) is 43.4 Å². The van der Waals surface area contributed by atoms with Crippen molar-refractivity contribution in [2.24, 2.45) is 5.92 Å². The van der Waals surface area contributed by atoms with E-state index in [0.29, 0.717) is 24.2 Å². The second kappa shape index (κ2) is 8.67. The van der Waals surface area contributed by atoms with Crippen LogP contribution in [0, 0.1) is 5.92 Å². The van der Waals surface area contributed by atoms with Gasteiger partial charge in [0.15, 0.2) is 0 Å². The van der Waals surface area contributed by atoms with Crippen molar-refractivity contribution in [1.29, 1.82) is 0 Å². The number of hydrogen-bond acceptors (Lipinski definition) is 5. The second-order valence-electron chi connectivity index (χ2n) is 8.67. The van der Waals surface area contributed by atoms with E-state index >= 15 is 0 Å². The number of aromatic nitrogens is 2. The van der Waals surface area contributed by atoms with Crippen molar-refractivity contribution in [3.05, 3.63) is 59.9 Å². The van der Waals surface area contributed by atoms with Crippen molar-refractivity contribution >= 4 is 17.5 Å². The molecule has 3 heterocycles. The monoisotopic (exact) mass is 419 g/mol. The Labute approximate surface area is 182 Å². The fourth-order valence-electron chi connectivity index (χ4n) is 4.98. The molecular formula is C24H29N5O2. The average molecular weight is 420 g/mol. The maximum Gasteiger partial charge on any atom is 0.263 e. The van der Waals surface area contributed by atoms with Crippen LogP contribution in [0.2, 0.25) is 0 Å². The third-order valence-electron chi connectivity index (χ3n) is 6.70. The number of carbonyl (C=O) groups excluding carboxylic acids is 2. The zero-order valence-electron chi connectivity index (χ0n) is 17.8. The molecule has 0 saturated carbocycles. The first-order valence-corrected chi connectivity index (χ1v) is 11.3. The van der Waals surface area contributed by atoms with Crippen LogP contribution in [0.4, 0.5) is 5.69 Å². The van der Waals surface area contributed by atoms with Crippen molar-refractivity contribution in [3.63, 3.8) is 0 Å². The lowest BCUT2D eigenvalue weighted by atomic mass is 9.94. The fourth-order valence-corrected chi connectivity index (χ4v) is 4.98. The van der Waals surface area contributed by atoms with Crippen molar-refractivity contribution < 1.29 is 9.59 Å². The fraction of sp³-hybridized carbons (Fsp3) is 0.458. The lowest BCUT2D eigenvalue weighted by Gasteiger charge is -2.38. The SMILES string of the molecule is O=C1c2cccc(N3CCN(CC4CC=CCC4)CC3)c2C(=O)N1CCn1cccn1. The number of anilines is 1. The van der Waals surface area contributed by atoms with Crippen molar-refractivity contribution in [2.75, 3.05) is 44.2 Å². The topological polar surface area (TPSA) is 61.7 Å². The van der Waals surface area contributed by atoms with Gasteiger partial charge in [0.25, 0.3) is 11.8 Å². The van der Waals surface area contributed by atoms with Gasteiger partial charge >= 0.3 is 0 Å². The quantitative estimate of drug-likeness (QED) is 0.532. The maximum atomic E-state index is 13.2. The summed E-state index contributed by atoms with van der Waals surface area (Å²) in [5.41, 5.74) is 2.00. The second-order valence-corrected chi connectivity index (χ2v) is 8.67. The van der Waals surface area contributed by atoms with Gasteiger partial charge in [0.2, 0.25) is 0 Å². The van der Waals surface area contributed by atoms with Gasteiger partial charge < -0.3 is 4.90 Å². The van der Waals surface area contributed by atoms with Gasteiger partial charge in [-0.25, -0.2) is 0 Å². The average Bonchev–Trinajstić information content (AvgIpc) is 3.41. The minimum atomic E-state index is -0.196. The molecule has 5 rings (SSSR count). The highest BCUT2D eigenvalue weighted by atomic mass is 16.2. The molecule has 0 radical (unpaired) electrons. The number of nitrogens with zero attached hydrogens (tertiary/aromatic N) is 5. The number of fused-ring (bicyclic) bond motifs is 1. The van der Waals surface area contributed by atoms with Crippen molar-refractivity contribution in [3.8, 4) is 0 Å². The van der Waals surface area contributed by atoms with Crippen molar-refractivity contribution in [1.82, 2.24) is 19.6 Å². The first kappa shape index (κ1) is 20.0. The van der Waals surface area contributed by atoms with Gasteiger partial charge in [0, 0.05) is 51.7 Å². The van der Waals surface area contributed by atoms with E-state index in [1.165, 1.54) is 24.2 Å². The lowest BCUT2D eigenvalue weighted by molar-refractivity contribution is 0.0647. The largest absolute Gasteiger partial charge is 0.368 e. The number of amides is 2. The summed E-state index contributed by atoms with van der Waals surface area (Å²) < 4.78 is 1.74. The molecule has 1 saturated heterocycles. The van der Waals surface area contributed by atoms with E-state index < -0.39 is 0 Å². The highest BCUT2D eigenvalue weighted by molar-refractivity contribution is 6.23. The Morgan fingerprint density at radius 3 is 2.58 bits per heavy atom. The normalized spacial score (nSPS) is 21.7. The lowest BCUT2D eigenvalue weighted by Crippen LogP contribution is -2.48. The summed E-state index contributed by atoms with van der Waals surface area (Å²) in [5, 5.41) is 4.17. The third kappa shape index (κ3) is 4.02. The molecule has 162 valence electrons. The molecule has 1 aliphatic carbocycles.